The molecule has 2 fully saturated rings. The van der Waals surface area contributed by atoms with Crippen LogP contribution in [-0.2, 0) is 4.79 Å². The van der Waals surface area contributed by atoms with Crippen molar-refractivity contribution in [3.63, 3.8) is 0 Å². The van der Waals surface area contributed by atoms with Crippen molar-refractivity contribution < 1.29 is 4.79 Å². The number of hydrogen-bond donors (Lipinski definition) is 2. The molecule has 1 aromatic carbocycles. The second-order valence-corrected chi connectivity index (χ2v) is 7.40. The second-order valence-electron chi connectivity index (χ2n) is 7.40. The lowest BCUT2D eigenvalue weighted by molar-refractivity contribution is -0.122. The van der Waals surface area contributed by atoms with Crippen LogP contribution in [-0.4, -0.2) is 68.0 Å². The third kappa shape index (κ3) is 5.45. The fourth-order valence-electron chi connectivity index (χ4n) is 3.81. The maximum Gasteiger partial charge on any atom is 0.223 e. The van der Waals surface area contributed by atoms with E-state index in [9.17, 15) is 4.79 Å². The number of nitrogens with zero attached hydrogens (tertiary/aromatic N) is 3. The number of hydrogen-bond acceptors (Lipinski definition) is 3. The summed E-state index contributed by atoms with van der Waals surface area (Å²) in [5, 5.41) is 6.38. The van der Waals surface area contributed by atoms with Crippen LogP contribution in [0.5, 0.6) is 0 Å². The van der Waals surface area contributed by atoms with Gasteiger partial charge in [-0.3, -0.25) is 14.7 Å². The van der Waals surface area contributed by atoms with E-state index in [4.69, 9.17) is 0 Å². The molecule has 6 nitrogen and oxygen atoms in total. The van der Waals surface area contributed by atoms with Gasteiger partial charge in [-0.25, -0.2) is 0 Å². The van der Waals surface area contributed by atoms with Crippen LogP contribution >= 0.6 is 0 Å². The van der Waals surface area contributed by atoms with Gasteiger partial charge in [0.05, 0.1) is 0 Å². The topological polar surface area (TPSA) is 60.0 Å². The van der Waals surface area contributed by atoms with E-state index < -0.39 is 0 Å². The smallest absolute Gasteiger partial charge is 0.223 e. The van der Waals surface area contributed by atoms with E-state index in [2.05, 4.69) is 62.7 Å². The largest absolute Gasteiger partial charge is 0.354 e. The predicted octanol–water partition coefficient (Wildman–Crippen LogP) is 1.86. The van der Waals surface area contributed by atoms with Crippen LogP contribution in [0.4, 0.5) is 0 Å². The first-order valence-electron chi connectivity index (χ1n) is 10.2. The minimum absolute atomic E-state index is 0.201. The maximum atomic E-state index is 11.7. The Morgan fingerprint density at radius 1 is 1.11 bits per heavy atom. The monoisotopic (exact) mass is 371 g/mol. The Hall–Kier alpha value is -2.08. The molecule has 0 aromatic heterocycles. The van der Waals surface area contributed by atoms with E-state index in [0.717, 1.165) is 51.4 Å². The SMILES string of the molecule is CCC(c1ccccc1)N1CCN(C(=NC)NCCNC(=O)C2CC2)CC1. The molecule has 1 amide bonds. The molecule has 0 spiro atoms. The molecular formula is C21H33N5O. The number of aliphatic imine (C=N–C) groups is 1. The van der Waals surface area contributed by atoms with Gasteiger partial charge in [0, 0.05) is 58.3 Å². The zero-order chi connectivity index (χ0) is 19.1. The minimum atomic E-state index is 0.201. The van der Waals surface area contributed by atoms with E-state index in [1.807, 2.05) is 7.05 Å². The summed E-state index contributed by atoms with van der Waals surface area (Å²) in [5.41, 5.74) is 1.40. The van der Waals surface area contributed by atoms with Gasteiger partial charge in [0.15, 0.2) is 5.96 Å². The number of piperazine rings is 1. The molecule has 1 aromatic rings. The van der Waals surface area contributed by atoms with Crippen molar-refractivity contribution in [3.05, 3.63) is 35.9 Å². The highest BCUT2D eigenvalue weighted by Gasteiger charge is 2.29. The normalized spacial score (nSPS) is 19.6. The highest BCUT2D eigenvalue weighted by atomic mass is 16.2. The first-order valence-corrected chi connectivity index (χ1v) is 10.2. The van der Waals surface area contributed by atoms with Crippen molar-refractivity contribution in [2.45, 2.75) is 32.2 Å². The van der Waals surface area contributed by atoms with Crippen LogP contribution in [0.15, 0.2) is 35.3 Å². The summed E-state index contributed by atoms with van der Waals surface area (Å²) in [5.74, 6) is 1.41. The minimum Gasteiger partial charge on any atom is -0.354 e. The van der Waals surface area contributed by atoms with Crippen molar-refractivity contribution in [1.29, 1.82) is 0 Å². The maximum absolute atomic E-state index is 11.7. The number of nitrogens with one attached hydrogen (secondary N) is 2. The first-order chi connectivity index (χ1) is 13.2. The summed E-state index contributed by atoms with van der Waals surface area (Å²) in [7, 11) is 1.83. The van der Waals surface area contributed by atoms with Crippen LogP contribution in [0.1, 0.15) is 37.8 Å². The van der Waals surface area contributed by atoms with Crippen LogP contribution in [0.3, 0.4) is 0 Å². The molecule has 3 rings (SSSR count). The Balaban J connectivity index is 1.43. The fraction of sp³-hybridized carbons (Fsp3) is 0.619. The number of carbonyl (C=O) groups is 1. The summed E-state index contributed by atoms with van der Waals surface area (Å²) in [6.07, 6.45) is 3.22. The van der Waals surface area contributed by atoms with Crippen LogP contribution in [0.25, 0.3) is 0 Å². The van der Waals surface area contributed by atoms with Gasteiger partial charge in [0.25, 0.3) is 0 Å². The summed E-state index contributed by atoms with van der Waals surface area (Å²) in [6.45, 7) is 7.64. The molecule has 1 aliphatic carbocycles. The van der Waals surface area contributed by atoms with Gasteiger partial charge in [-0.05, 0) is 24.8 Å². The van der Waals surface area contributed by atoms with Crippen LogP contribution < -0.4 is 10.6 Å². The summed E-state index contributed by atoms with van der Waals surface area (Å²) >= 11 is 0. The summed E-state index contributed by atoms with van der Waals surface area (Å²) < 4.78 is 0. The molecule has 6 heteroatoms. The molecule has 1 atom stereocenters. The number of guanidine groups is 1. The number of benzene rings is 1. The van der Waals surface area contributed by atoms with Gasteiger partial charge in [0.1, 0.15) is 0 Å². The Labute approximate surface area is 163 Å². The number of carbonyl (C=O) groups excluding carboxylic acids is 1. The molecule has 27 heavy (non-hydrogen) atoms. The zero-order valence-electron chi connectivity index (χ0n) is 16.7. The van der Waals surface area contributed by atoms with E-state index in [1.54, 1.807) is 0 Å². The van der Waals surface area contributed by atoms with E-state index in [1.165, 1.54) is 5.56 Å². The molecule has 1 unspecified atom stereocenters. The van der Waals surface area contributed by atoms with Gasteiger partial charge in [-0.15, -0.1) is 0 Å². The molecule has 1 aliphatic heterocycles. The van der Waals surface area contributed by atoms with Crippen LogP contribution in [0, 0.1) is 5.92 Å². The van der Waals surface area contributed by atoms with Crippen molar-refractivity contribution in [1.82, 2.24) is 20.4 Å². The van der Waals surface area contributed by atoms with Gasteiger partial charge in [0.2, 0.25) is 5.91 Å². The Morgan fingerprint density at radius 2 is 1.78 bits per heavy atom. The highest BCUT2D eigenvalue weighted by molar-refractivity contribution is 5.81. The lowest BCUT2D eigenvalue weighted by Crippen LogP contribution is -2.53. The summed E-state index contributed by atoms with van der Waals surface area (Å²) in [6, 6.07) is 11.3. The van der Waals surface area contributed by atoms with Crippen molar-refractivity contribution >= 4 is 11.9 Å². The average molecular weight is 372 g/mol. The molecule has 2 aliphatic rings. The zero-order valence-corrected chi connectivity index (χ0v) is 16.7. The number of rotatable bonds is 7. The van der Waals surface area contributed by atoms with Gasteiger partial charge >= 0.3 is 0 Å². The molecule has 2 N–H and O–H groups in total. The van der Waals surface area contributed by atoms with Crippen LogP contribution in [0.2, 0.25) is 0 Å². The molecular weight excluding hydrogens is 338 g/mol. The fourth-order valence-corrected chi connectivity index (χ4v) is 3.81. The molecule has 148 valence electrons. The third-order valence-corrected chi connectivity index (χ3v) is 5.49. The van der Waals surface area contributed by atoms with Gasteiger partial charge in [-0.2, -0.15) is 0 Å². The van der Waals surface area contributed by atoms with Gasteiger partial charge in [-0.1, -0.05) is 37.3 Å². The third-order valence-electron chi connectivity index (χ3n) is 5.49. The molecule has 1 saturated carbocycles. The standard InChI is InChI=1S/C21H33N5O/c1-3-19(17-7-5-4-6-8-17)25-13-15-26(16-14-25)21(22-2)24-12-11-23-20(27)18-9-10-18/h4-8,18-19H,3,9-16H2,1-2H3,(H,22,24)(H,23,27). The first kappa shape index (κ1) is 19.7. The van der Waals surface area contributed by atoms with Gasteiger partial charge < -0.3 is 15.5 Å². The number of amides is 1. The second kappa shape index (κ2) is 9.74. The van der Waals surface area contributed by atoms with E-state index in [0.29, 0.717) is 19.1 Å². The molecule has 1 heterocycles. The Kier molecular flexibility index (Phi) is 7.10. The van der Waals surface area contributed by atoms with Crippen molar-refractivity contribution in [2.75, 3.05) is 46.3 Å². The Bertz CT molecular complexity index is 621. The van der Waals surface area contributed by atoms with Crippen molar-refractivity contribution in [2.24, 2.45) is 10.9 Å². The van der Waals surface area contributed by atoms with E-state index >= 15 is 0 Å². The lowest BCUT2D eigenvalue weighted by atomic mass is 10.0. The lowest BCUT2D eigenvalue weighted by Gasteiger charge is -2.40. The average Bonchev–Trinajstić information content (AvgIpc) is 3.55. The molecule has 1 saturated heterocycles. The molecule has 0 bridgehead atoms. The highest BCUT2D eigenvalue weighted by Crippen LogP contribution is 2.28. The quantitative estimate of drug-likeness (QED) is 0.436. The van der Waals surface area contributed by atoms with Crippen molar-refractivity contribution in [3.8, 4) is 0 Å². The Morgan fingerprint density at radius 3 is 2.37 bits per heavy atom. The van der Waals surface area contributed by atoms with E-state index in [-0.39, 0.29) is 11.8 Å². The molecule has 0 radical (unpaired) electrons. The summed E-state index contributed by atoms with van der Waals surface area (Å²) in [4.78, 5) is 21.0. The predicted molar refractivity (Wildman–Crippen MR) is 110 cm³/mol.